The van der Waals surface area contributed by atoms with Crippen molar-refractivity contribution in [3.05, 3.63) is 63.6 Å². The molecule has 0 atom stereocenters. The smallest absolute Gasteiger partial charge is 0.267 e. The third-order valence-corrected chi connectivity index (χ3v) is 5.20. The number of carbonyl (C=O) groups is 2. The van der Waals surface area contributed by atoms with Gasteiger partial charge in [0.05, 0.1) is 16.7 Å². The number of nitrogens with one attached hydrogen (secondary N) is 3. The van der Waals surface area contributed by atoms with Crippen LogP contribution in [0.5, 0.6) is 0 Å². The number of aryl methyl sites for hydroxylation is 1. The second-order valence-corrected chi connectivity index (χ2v) is 8.09. The van der Waals surface area contributed by atoms with Crippen molar-refractivity contribution < 1.29 is 9.59 Å². The molecule has 0 radical (unpaired) electrons. The van der Waals surface area contributed by atoms with Gasteiger partial charge in [0.1, 0.15) is 0 Å². The third-order valence-electron chi connectivity index (χ3n) is 4.07. The Balaban J connectivity index is 2.17. The highest BCUT2D eigenvalue weighted by Crippen LogP contribution is 2.28. The molecule has 7 heteroatoms. The second kappa shape index (κ2) is 9.35. The first kappa shape index (κ1) is 21.4. The molecule has 0 unspecified atom stereocenters. The lowest BCUT2D eigenvalue weighted by atomic mass is 9.94. The maximum atomic E-state index is 12.7. The molecule has 5 nitrogen and oxygen atoms in total. The van der Waals surface area contributed by atoms with Gasteiger partial charge in [0, 0.05) is 16.9 Å². The fourth-order valence-electron chi connectivity index (χ4n) is 2.32. The molecule has 0 aliphatic carbocycles. The average molecular weight is 453 g/mol. The van der Waals surface area contributed by atoms with E-state index in [1.165, 1.54) is 0 Å². The predicted octanol–water partition coefficient (Wildman–Crippen LogP) is 4.40. The van der Waals surface area contributed by atoms with Gasteiger partial charge >= 0.3 is 0 Å². The van der Waals surface area contributed by atoms with Gasteiger partial charge in [-0.3, -0.25) is 15.0 Å². The summed E-state index contributed by atoms with van der Waals surface area (Å²) < 4.78 is 0.753. The Labute approximate surface area is 173 Å². The zero-order valence-corrected chi connectivity index (χ0v) is 17.9. The van der Waals surface area contributed by atoms with E-state index in [9.17, 15) is 9.59 Å². The molecule has 2 aromatic carbocycles. The molecule has 2 aromatic rings. The topological polar surface area (TPSA) is 70.2 Å². The molecule has 2 rings (SSSR count). The Morgan fingerprint density at radius 1 is 1.15 bits per heavy atom. The third kappa shape index (κ3) is 5.79. The molecular formula is C20H23BrClN3O2. The maximum absolute atomic E-state index is 12.7. The Bertz CT molecular complexity index is 825. The zero-order valence-electron chi connectivity index (χ0n) is 15.5. The van der Waals surface area contributed by atoms with Gasteiger partial charge in [-0.15, -0.1) is 11.6 Å². The van der Waals surface area contributed by atoms with Crippen LogP contribution >= 0.6 is 27.5 Å². The maximum Gasteiger partial charge on any atom is 0.267 e. The van der Waals surface area contributed by atoms with E-state index in [0.717, 1.165) is 15.6 Å². The molecular weight excluding hydrogens is 430 g/mol. The Morgan fingerprint density at radius 3 is 2.44 bits per heavy atom. The predicted molar refractivity (Wildman–Crippen MR) is 113 cm³/mol. The van der Waals surface area contributed by atoms with Gasteiger partial charge in [-0.05, 0) is 44.0 Å². The van der Waals surface area contributed by atoms with Crippen LogP contribution in [0.2, 0.25) is 0 Å². The summed E-state index contributed by atoms with van der Waals surface area (Å²) in [5.41, 5.74) is 7.50. The lowest BCUT2D eigenvalue weighted by Gasteiger charge is -2.22. The summed E-state index contributed by atoms with van der Waals surface area (Å²) in [5, 5.41) is 2.85. The van der Waals surface area contributed by atoms with E-state index in [1.54, 1.807) is 19.9 Å². The van der Waals surface area contributed by atoms with Crippen molar-refractivity contribution >= 4 is 45.0 Å². The average Bonchev–Trinajstić information content (AvgIpc) is 2.64. The monoisotopic (exact) mass is 451 g/mol. The number of carbonyl (C=O) groups excluding carboxylic acids is 2. The van der Waals surface area contributed by atoms with Crippen molar-refractivity contribution in [2.75, 3.05) is 11.2 Å². The van der Waals surface area contributed by atoms with Crippen molar-refractivity contribution in [2.24, 2.45) is 5.41 Å². The minimum absolute atomic E-state index is 0.175. The number of hydrazine groups is 1. The number of hydrogen-bond donors (Lipinski definition) is 3. The first-order chi connectivity index (χ1) is 12.7. The van der Waals surface area contributed by atoms with E-state index in [0.29, 0.717) is 17.8 Å². The SMILES string of the molecule is Cc1cc(Br)cc(C(=O)NNCc2ccccc2)c1NC(=O)C(C)(C)CCl. The minimum atomic E-state index is -0.750. The van der Waals surface area contributed by atoms with Crippen LogP contribution < -0.4 is 16.2 Å². The Kier molecular flexibility index (Phi) is 7.41. The van der Waals surface area contributed by atoms with E-state index in [1.807, 2.05) is 43.3 Å². The lowest BCUT2D eigenvalue weighted by molar-refractivity contribution is -0.122. The number of benzene rings is 2. The zero-order chi connectivity index (χ0) is 20.0. The standard InChI is InChI=1S/C20H23BrClN3O2/c1-13-9-15(21)10-16(17(13)24-19(27)20(2,3)12-22)18(26)25-23-11-14-7-5-4-6-8-14/h4-10,23H,11-12H2,1-3H3,(H,24,27)(H,25,26). The molecule has 0 aromatic heterocycles. The van der Waals surface area contributed by atoms with Crippen molar-refractivity contribution in [2.45, 2.75) is 27.3 Å². The summed E-state index contributed by atoms with van der Waals surface area (Å²) in [6, 6.07) is 13.2. The van der Waals surface area contributed by atoms with Gasteiger partial charge in [0.2, 0.25) is 5.91 Å². The number of hydrogen-bond acceptors (Lipinski definition) is 3. The Hall–Kier alpha value is -1.89. The summed E-state index contributed by atoms with van der Waals surface area (Å²) in [6.07, 6.45) is 0. The molecule has 0 spiro atoms. The molecule has 0 bridgehead atoms. The minimum Gasteiger partial charge on any atom is -0.325 e. The summed E-state index contributed by atoms with van der Waals surface area (Å²) >= 11 is 9.30. The fourth-order valence-corrected chi connectivity index (χ4v) is 3.01. The molecule has 2 amide bonds. The van der Waals surface area contributed by atoms with Crippen LogP contribution in [-0.2, 0) is 11.3 Å². The molecule has 0 aliphatic rings. The van der Waals surface area contributed by atoms with Crippen LogP contribution in [0.25, 0.3) is 0 Å². The number of alkyl halides is 1. The first-order valence-electron chi connectivity index (χ1n) is 8.49. The summed E-state index contributed by atoms with van der Waals surface area (Å²) in [6.45, 7) is 5.83. The largest absolute Gasteiger partial charge is 0.325 e. The van der Waals surface area contributed by atoms with Gasteiger partial charge in [0.15, 0.2) is 0 Å². The van der Waals surface area contributed by atoms with Gasteiger partial charge in [-0.1, -0.05) is 46.3 Å². The van der Waals surface area contributed by atoms with Gasteiger partial charge < -0.3 is 5.32 Å². The van der Waals surface area contributed by atoms with E-state index in [-0.39, 0.29) is 17.7 Å². The van der Waals surface area contributed by atoms with Crippen LogP contribution in [0.1, 0.15) is 35.3 Å². The number of anilines is 1. The molecule has 27 heavy (non-hydrogen) atoms. The van der Waals surface area contributed by atoms with Crippen LogP contribution in [0, 0.1) is 12.3 Å². The van der Waals surface area contributed by atoms with E-state index in [4.69, 9.17) is 11.6 Å². The van der Waals surface area contributed by atoms with Crippen LogP contribution in [0.3, 0.4) is 0 Å². The lowest BCUT2D eigenvalue weighted by Crippen LogP contribution is -2.38. The highest BCUT2D eigenvalue weighted by molar-refractivity contribution is 9.10. The highest BCUT2D eigenvalue weighted by atomic mass is 79.9. The van der Waals surface area contributed by atoms with E-state index < -0.39 is 5.41 Å². The van der Waals surface area contributed by atoms with Gasteiger partial charge in [0.25, 0.3) is 5.91 Å². The highest BCUT2D eigenvalue weighted by Gasteiger charge is 2.28. The molecule has 0 saturated carbocycles. The first-order valence-corrected chi connectivity index (χ1v) is 9.82. The molecule has 0 heterocycles. The van der Waals surface area contributed by atoms with E-state index in [2.05, 4.69) is 32.1 Å². The second-order valence-electron chi connectivity index (χ2n) is 6.91. The normalized spacial score (nSPS) is 11.1. The number of halogens is 2. The van der Waals surface area contributed by atoms with Crippen molar-refractivity contribution in [1.82, 2.24) is 10.9 Å². The molecule has 0 aliphatic heterocycles. The van der Waals surface area contributed by atoms with Crippen molar-refractivity contribution in [3.63, 3.8) is 0 Å². The van der Waals surface area contributed by atoms with Gasteiger partial charge in [-0.2, -0.15) is 0 Å². The van der Waals surface area contributed by atoms with Crippen LogP contribution in [0.4, 0.5) is 5.69 Å². The van der Waals surface area contributed by atoms with Crippen molar-refractivity contribution in [3.8, 4) is 0 Å². The molecule has 3 N–H and O–H groups in total. The molecule has 0 saturated heterocycles. The number of rotatable bonds is 7. The van der Waals surface area contributed by atoms with Crippen molar-refractivity contribution in [1.29, 1.82) is 0 Å². The fraction of sp³-hybridized carbons (Fsp3) is 0.300. The quantitative estimate of drug-likeness (QED) is 0.431. The summed E-state index contributed by atoms with van der Waals surface area (Å²) in [7, 11) is 0. The summed E-state index contributed by atoms with van der Waals surface area (Å²) in [4.78, 5) is 25.2. The van der Waals surface area contributed by atoms with Crippen LogP contribution in [-0.4, -0.2) is 17.7 Å². The van der Waals surface area contributed by atoms with E-state index >= 15 is 0 Å². The number of amides is 2. The van der Waals surface area contributed by atoms with Crippen LogP contribution in [0.15, 0.2) is 46.9 Å². The molecule has 144 valence electrons. The van der Waals surface area contributed by atoms with Gasteiger partial charge in [-0.25, -0.2) is 5.43 Å². The summed E-state index contributed by atoms with van der Waals surface area (Å²) in [5.74, 6) is -0.405. The molecule has 0 fully saturated rings. The Morgan fingerprint density at radius 2 is 1.81 bits per heavy atom.